The van der Waals surface area contributed by atoms with Crippen LogP contribution in [0.25, 0.3) is 28.1 Å². The summed E-state index contributed by atoms with van der Waals surface area (Å²) in [4.78, 5) is 18.9. The normalized spacial score (nSPS) is 12.0. The highest BCUT2D eigenvalue weighted by Gasteiger charge is 2.18. The van der Waals surface area contributed by atoms with Crippen LogP contribution in [0.5, 0.6) is 17.2 Å². The topological polar surface area (TPSA) is 108 Å². The second kappa shape index (κ2) is 10.9. The van der Waals surface area contributed by atoms with Crippen LogP contribution in [0.4, 0.5) is 5.69 Å². The number of ether oxygens (including phenoxy) is 2. The molecular weight excluding hydrogens is 554 g/mol. The summed E-state index contributed by atoms with van der Waals surface area (Å²) in [6, 6.07) is 22.4. The van der Waals surface area contributed by atoms with Crippen molar-refractivity contribution in [2.24, 2.45) is 17.1 Å². The van der Waals surface area contributed by atoms with Gasteiger partial charge in [-0.3, -0.25) is 9.48 Å². The number of aromatic nitrogens is 3. The van der Waals surface area contributed by atoms with Crippen LogP contribution in [-0.4, -0.2) is 39.6 Å². The van der Waals surface area contributed by atoms with Crippen LogP contribution in [-0.2, 0) is 7.05 Å². The van der Waals surface area contributed by atoms with Crippen molar-refractivity contribution in [3.8, 4) is 34.4 Å². The van der Waals surface area contributed by atoms with Crippen LogP contribution in [0.15, 0.2) is 97.5 Å². The van der Waals surface area contributed by atoms with Gasteiger partial charge in [0.25, 0.3) is 5.56 Å². The van der Waals surface area contributed by atoms with E-state index in [2.05, 4.69) is 0 Å². The highest BCUT2D eigenvalue weighted by Crippen LogP contribution is 2.36. The summed E-state index contributed by atoms with van der Waals surface area (Å²) < 4.78 is 21.8. The Hall–Kier alpha value is -5.29. The number of aromatic hydroxyl groups is 1. The Kier molecular flexibility index (Phi) is 7.01. The summed E-state index contributed by atoms with van der Waals surface area (Å²) in [5, 5.41) is 17.9. The maximum Gasteiger partial charge on any atom is 0.297 e. The zero-order chi connectivity index (χ0) is 29.4. The largest absolute Gasteiger partial charge is 0.502 e. The predicted molar refractivity (Wildman–Crippen MR) is 163 cm³/mol. The van der Waals surface area contributed by atoms with Gasteiger partial charge in [-0.15, -0.1) is 11.3 Å². The zero-order valence-corrected chi connectivity index (χ0v) is 24.1. The second-order valence-corrected chi connectivity index (χ2v) is 10.2. The van der Waals surface area contributed by atoms with Crippen LogP contribution in [0.1, 0.15) is 11.3 Å². The van der Waals surface area contributed by atoms with Crippen LogP contribution in [0.2, 0.25) is 0 Å². The summed E-state index contributed by atoms with van der Waals surface area (Å²) in [7, 11) is 4.75. The number of fused-ring (bicyclic) bond motifs is 1. The van der Waals surface area contributed by atoms with Crippen molar-refractivity contribution in [1.82, 2.24) is 14.0 Å². The maximum atomic E-state index is 13.6. The number of para-hydroxylation sites is 2. The SMILES string of the molecule is COc1cc(C=Nn2c(-c3cc4ccccc4o3)csc2=Nc2c(C)n(C)n(-c3ccccc3)c2=O)cc(OC)c1O. The Morgan fingerprint density at radius 3 is 2.36 bits per heavy atom. The second-order valence-electron chi connectivity index (χ2n) is 9.40. The molecule has 0 atom stereocenters. The fraction of sp³-hybridized carbons (Fsp3) is 0.129. The lowest BCUT2D eigenvalue weighted by Crippen LogP contribution is -2.19. The molecule has 0 radical (unpaired) electrons. The minimum absolute atomic E-state index is 0.103. The molecule has 3 aromatic heterocycles. The average Bonchev–Trinajstić information content (AvgIpc) is 3.68. The molecule has 0 aliphatic heterocycles. The molecule has 212 valence electrons. The number of hydrogen-bond acceptors (Lipinski definition) is 8. The molecule has 0 spiro atoms. The minimum atomic E-state index is -0.247. The molecule has 0 saturated heterocycles. The molecule has 0 saturated carbocycles. The van der Waals surface area contributed by atoms with Gasteiger partial charge >= 0.3 is 0 Å². The Balaban J connectivity index is 1.54. The van der Waals surface area contributed by atoms with Gasteiger partial charge < -0.3 is 19.0 Å². The van der Waals surface area contributed by atoms with Crippen LogP contribution < -0.4 is 19.8 Å². The first-order chi connectivity index (χ1) is 20.4. The van der Waals surface area contributed by atoms with E-state index < -0.39 is 0 Å². The number of benzene rings is 3. The van der Waals surface area contributed by atoms with E-state index in [9.17, 15) is 9.90 Å². The summed E-state index contributed by atoms with van der Waals surface area (Å²) in [6.45, 7) is 1.86. The van der Waals surface area contributed by atoms with Crippen molar-refractivity contribution in [3.05, 3.63) is 105 Å². The van der Waals surface area contributed by atoms with Gasteiger partial charge in [-0.1, -0.05) is 36.4 Å². The first kappa shape index (κ1) is 26.9. The van der Waals surface area contributed by atoms with Crippen molar-refractivity contribution >= 4 is 34.2 Å². The van der Waals surface area contributed by atoms with Gasteiger partial charge in [0.15, 0.2) is 22.9 Å². The van der Waals surface area contributed by atoms with Gasteiger partial charge in [0.2, 0.25) is 10.6 Å². The molecule has 0 aliphatic carbocycles. The highest BCUT2D eigenvalue weighted by molar-refractivity contribution is 7.07. The minimum Gasteiger partial charge on any atom is -0.502 e. The third-order valence-corrected chi connectivity index (χ3v) is 7.74. The Morgan fingerprint density at radius 2 is 1.67 bits per heavy atom. The van der Waals surface area contributed by atoms with Crippen molar-refractivity contribution < 1.29 is 19.0 Å². The maximum absolute atomic E-state index is 13.6. The number of thiazole rings is 1. The van der Waals surface area contributed by atoms with E-state index in [1.807, 2.05) is 80.0 Å². The third kappa shape index (κ3) is 4.69. The van der Waals surface area contributed by atoms with Crippen LogP contribution in [0, 0.1) is 6.92 Å². The Morgan fingerprint density at radius 1 is 0.976 bits per heavy atom. The van der Waals surface area contributed by atoms with E-state index in [1.54, 1.807) is 32.4 Å². The molecule has 3 aromatic carbocycles. The molecule has 6 rings (SSSR count). The number of methoxy groups -OCH3 is 2. The fourth-order valence-corrected chi connectivity index (χ4v) is 5.48. The van der Waals surface area contributed by atoms with Gasteiger partial charge in [-0.05, 0) is 43.3 Å². The molecule has 0 fully saturated rings. The van der Waals surface area contributed by atoms with E-state index in [4.69, 9.17) is 24.0 Å². The number of furan rings is 1. The average molecular weight is 582 g/mol. The molecule has 0 aliphatic rings. The molecule has 10 nitrogen and oxygen atoms in total. The number of phenols is 1. The lowest BCUT2D eigenvalue weighted by atomic mass is 10.2. The molecular formula is C31H27N5O5S. The van der Waals surface area contributed by atoms with E-state index >= 15 is 0 Å². The summed E-state index contributed by atoms with van der Waals surface area (Å²) in [5.41, 5.74) is 3.51. The van der Waals surface area contributed by atoms with E-state index in [1.165, 1.54) is 25.6 Å². The van der Waals surface area contributed by atoms with E-state index in [0.717, 1.165) is 16.7 Å². The number of phenolic OH excluding ortho intramolecular Hbond substituents is 1. The summed E-state index contributed by atoms with van der Waals surface area (Å²) in [6.07, 6.45) is 1.60. The van der Waals surface area contributed by atoms with Gasteiger partial charge in [-0.2, -0.15) is 5.10 Å². The van der Waals surface area contributed by atoms with Crippen molar-refractivity contribution in [2.45, 2.75) is 6.92 Å². The van der Waals surface area contributed by atoms with E-state index in [0.29, 0.717) is 33.2 Å². The predicted octanol–water partition coefficient (Wildman–Crippen LogP) is 5.60. The lowest BCUT2D eigenvalue weighted by molar-refractivity contribution is 0.340. The molecule has 0 unspecified atom stereocenters. The van der Waals surface area contributed by atoms with Crippen LogP contribution in [0.3, 0.4) is 0 Å². The molecule has 0 bridgehead atoms. The fourth-order valence-electron chi connectivity index (χ4n) is 4.66. The molecule has 42 heavy (non-hydrogen) atoms. The Labute approximate surface area is 244 Å². The van der Waals surface area contributed by atoms with Gasteiger partial charge in [-0.25, -0.2) is 14.4 Å². The van der Waals surface area contributed by atoms with Crippen LogP contribution >= 0.6 is 11.3 Å². The monoisotopic (exact) mass is 581 g/mol. The summed E-state index contributed by atoms with van der Waals surface area (Å²) in [5.74, 6) is 0.983. The first-order valence-electron chi connectivity index (χ1n) is 13.0. The molecule has 6 aromatic rings. The van der Waals surface area contributed by atoms with E-state index in [-0.39, 0.29) is 22.8 Å². The zero-order valence-electron chi connectivity index (χ0n) is 23.3. The third-order valence-electron chi connectivity index (χ3n) is 6.92. The Bertz CT molecular complexity index is 2020. The lowest BCUT2D eigenvalue weighted by Gasteiger charge is -2.09. The molecule has 1 N–H and O–H groups in total. The van der Waals surface area contributed by atoms with Crippen molar-refractivity contribution in [1.29, 1.82) is 0 Å². The number of rotatable bonds is 7. The molecule has 0 amide bonds. The van der Waals surface area contributed by atoms with Crippen molar-refractivity contribution in [3.63, 3.8) is 0 Å². The molecule has 3 heterocycles. The van der Waals surface area contributed by atoms with Gasteiger partial charge in [0, 0.05) is 23.4 Å². The standard InChI is InChI=1S/C31H27N5O5S/c1-19-28(30(38)36(34(19)2)22-11-6-5-7-12-22)33-31-35(32-17-20-14-26(39-3)29(37)27(15-20)40-4)23(18-42-31)25-16-21-10-8-9-13-24(21)41-25/h5-18,37H,1-4H3. The smallest absolute Gasteiger partial charge is 0.297 e. The van der Waals surface area contributed by atoms with Gasteiger partial charge in [0.1, 0.15) is 11.3 Å². The molecule has 11 heteroatoms. The summed E-state index contributed by atoms with van der Waals surface area (Å²) >= 11 is 1.33. The highest BCUT2D eigenvalue weighted by atomic mass is 32.1. The van der Waals surface area contributed by atoms with Crippen molar-refractivity contribution in [2.75, 3.05) is 14.2 Å². The van der Waals surface area contributed by atoms with Gasteiger partial charge in [0.05, 0.1) is 31.8 Å². The number of hydrogen-bond donors (Lipinski definition) is 1. The quantitative estimate of drug-likeness (QED) is 0.247. The first-order valence-corrected chi connectivity index (χ1v) is 13.8. The number of nitrogens with zero attached hydrogens (tertiary/aromatic N) is 5.